The third kappa shape index (κ3) is 2.54. The highest BCUT2D eigenvalue weighted by atomic mass is 79.9. The van der Waals surface area contributed by atoms with Crippen molar-refractivity contribution in [2.45, 2.75) is 32.6 Å². The highest BCUT2D eigenvalue weighted by Crippen LogP contribution is 2.30. The summed E-state index contributed by atoms with van der Waals surface area (Å²) in [5.41, 5.74) is 5.00. The third-order valence-corrected chi connectivity index (χ3v) is 4.65. The topological polar surface area (TPSA) is 29.9 Å². The van der Waals surface area contributed by atoms with Crippen LogP contribution in [0.15, 0.2) is 28.7 Å². The largest absolute Gasteiger partial charge is 0.316 e. The van der Waals surface area contributed by atoms with E-state index in [1.807, 2.05) is 0 Å². The minimum atomic E-state index is 0.605. The molecular formula is C16H20BrN3. The van der Waals surface area contributed by atoms with Crippen LogP contribution in [0.2, 0.25) is 0 Å². The van der Waals surface area contributed by atoms with E-state index < -0.39 is 0 Å². The molecule has 20 heavy (non-hydrogen) atoms. The van der Waals surface area contributed by atoms with Crippen molar-refractivity contribution in [3.05, 3.63) is 45.7 Å². The molecule has 1 fully saturated rings. The number of piperidine rings is 1. The number of hydrogen-bond acceptors (Lipinski definition) is 2. The molecule has 0 amide bonds. The van der Waals surface area contributed by atoms with Crippen LogP contribution < -0.4 is 5.32 Å². The van der Waals surface area contributed by atoms with Gasteiger partial charge in [0.25, 0.3) is 0 Å². The molecule has 1 unspecified atom stereocenters. The molecule has 0 radical (unpaired) electrons. The fraction of sp³-hybridized carbons (Fsp3) is 0.438. The summed E-state index contributed by atoms with van der Waals surface area (Å²) in [6.07, 6.45) is 2.52. The Balaban J connectivity index is 1.99. The number of hydrogen-bond donors (Lipinski definition) is 1. The molecule has 1 aromatic heterocycles. The number of nitrogens with zero attached hydrogens (tertiary/aromatic N) is 2. The number of halogens is 1. The molecule has 2 aromatic rings. The average molecular weight is 334 g/mol. The zero-order valence-electron chi connectivity index (χ0n) is 12.0. The Kier molecular flexibility index (Phi) is 3.94. The van der Waals surface area contributed by atoms with Crippen LogP contribution >= 0.6 is 15.9 Å². The van der Waals surface area contributed by atoms with Gasteiger partial charge in [-0.2, -0.15) is 5.10 Å². The summed E-state index contributed by atoms with van der Waals surface area (Å²) < 4.78 is 3.17. The van der Waals surface area contributed by atoms with Crippen molar-refractivity contribution in [3.8, 4) is 5.69 Å². The molecule has 0 aliphatic carbocycles. The van der Waals surface area contributed by atoms with Gasteiger partial charge in [-0.15, -0.1) is 0 Å². The Morgan fingerprint density at radius 1 is 1.25 bits per heavy atom. The number of aryl methyl sites for hydroxylation is 1. The van der Waals surface area contributed by atoms with E-state index in [1.165, 1.54) is 29.8 Å². The van der Waals surface area contributed by atoms with Crippen molar-refractivity contribution in [1.29, 1.82) is 0 Å². The van der Waals surface area contributed by atoms with E-state index in [4.69, 9.17) is 5.10 Å². The Morgan fingerprint density at radius 3 is 2.65 bits per heavy atom. The lowest BCUT2D eigenvalue weighted by atomic mass is 9.90. The maximum absolute atomic E-state index is 4.76. The van der Waals surface area contributed by atoms with E-state index in [2.05, 4.69) is 64.0 Å². The van der Waals surface area contributed by atoms with Gasteiger partial charge in [-0.1, -0.05) is 15.9 Å². The molecule has 4 heteroatoms. The lowest BCUT2D eigenvalue weighted by Crippen LogP contribution is -2.28. The summed E-state index contributed by atoms with van der Waals surface area (Å²) in [5.74, 6) is 0.605. The second kappa shape index (κ2) is 5.70. The van der Waals surface area contributed by atoms with Crippen molar-refractivity contribution >= 4 is 15.9 Å². The fourth-order valence-corrected chi connectivity index (χ4v) is 3.44. The molecule has 3 rings (SSSR count). The molecular weight excluding hydrogens is 314 g/mol. The highest BCUT2D eigenvalue weighted by molar-refractivity contribution is 9.10. The second-order valence-corrected chi connectivity index (χ2v) is 6.43. The van der Waals surface area contributed by atoms with Crippen molar-refractivity contribution in [3.63, 3.8) is 0 Å². The molecule has 106 valence electrons. The summed E-state index contributed by atoms with van der Waals surface area (Å²) in [6, 6.07) is 8.33. The molecule has 1 aliphatic heterocycles. The van der Waals surface area contributed by atoms with Crippen molar-refractivity contribution < 1.29 is 0 Å². The molecule has 0 spiro atoms. The first-order valence-corrected chi connectivity index (χ1v) is 7.99. The number of benzene rings is 1. The van der Waals surface area contributed by atoms with Crippen molar-refractivity contribution in [2.24, 2.45) is 0 Å². The minimum Gasteiger partial charge on any atom is -0.316 e. The standard InChI is InChI=1S/C16H20BrN3/c1-11-16(13-4-3-9-18-10-13)12(2)20(19-11)15-7-5-14(17)6-8-15/h5-8,13,18H,3-4,9-10H2,1-2H3. The molecule has 1 aromatic carbocycles. The predicted molar refractivity (Wildman–Crippen MR) is 85.6 cm³/mol. The van der Waals surface area contributed by atoms with Crippen molar-refractivity contribution in [1.82, 2.24) is 15.1 Å². The van der Waals surface area contributed by atoms with Crippen molar-refractivity contribution in [2.75, 3.05) is 13.1 Å². The van der Waals surface area contributed by atoms with E-state index in [-0.39, 0.29) is 0 Å². The zero-order valence-corrected chi connectivity index (χ0v) is 13.6. The van der Waals surface area contributed by atoms with Crippen LogP contribution in [-0.4, -0.2) is 22.9 Å². The first kappa shape index (κ1) is 13.8. The number of aromatic nitrogens is 2. The molecule has 0 bridgehead atoms. The van der Waals surface area contributed by atoms with Crippen LogP contribution in [0.25, 0.3) is 5.69 Å². The minimum absolute atomic E-state index is 0.605. The van der Waals surface area contributed by atoms with Crippen LogP contribution in [0.5, 0.6) is 0 Å². The van der Waals surface area contributed by atoms with E-state index in [1.54, 1.807) is 0 Å². The summed E-state index contributed by atoms with van der Waals surface area (Å²) >= 11 is 3.48. The van der Waals surface area contributed by atoms with E-state index in [9.17, 15) is 0 Å². The van der Waals surface area contributed by atoms with Gasteiger partial charge in [0, 0.05) is 28.2 Å². The van der Waals surface area contributed by atoms with Crippen LogP contribution in [0, 0.1) is 13.8 Å². The molecule has 1 aliphatic rings. The highest BCUT2D eigenvalue weighted by Gasteiger charge is 2.23. The van der Waals surface area contributed by atoms with Gasteiger partial charge in [-0.3, -0.25) is 0 Å². The van der Waals surface area contributed by atoms with Gasteiger partial charge < -0.3 is 5.32 Å². The smallest absolute Gasteiger partial charge is 0.0649 e. The van der Waals surface area contributed by atoms with E-state index in [0.717, 1.165) is 23.2 Å². The van der Waals surface area contributed by atoms with Crippen LogP contribution in [0.3, 0.4) is 0 Å². The fourth-order valence-electron chi connectivity index (χ4n) is 3.18. The summed E-state index contributed by atoms with van der Waals surface area (Å²) in [7, 11) is 0. The van der Waals surface area contributed by atoms with Crippen LogP contribution in [0.1, 0.15) is 35.7 Å². The lowest BCUT2D eigenvalue weighted by Gasteiger charge is -2.23. The number of rotatable bonds is 2. The average Bonchev–Trinajstić information content (AvgIpc) is 2.76. The van der Waals surface area contributed by atoms with Crippen LogP contribution in [-0.2, 0) is 0 Å². The summed E-state index contributed by atoms with van der Waals surface area (Å²) in [4.78, 5) is 0. The Bertz CT molecular complexity index is 595. The molecule has 0 saturated carbocycles. The van der Waals surface area contributed by atoms with Gasteiger partial charge in [0.05, 0.1) is 11.4 Å². The van der Waals surface area contributed by atoms with E-state index >= 15 is 0 Å². The molecule has 3 nitrogen and oxygen atoms in total. The molecule has 1 N–H and O–H groups in total. The maximum Gasteiger partial charge on any atom is 0.0649 e. The summed E-state index contributed by atoms with van der Waals surface area (Å²) in [6.45, 7) is 6.54. The summed E-state index contributed by atoms with van der Waals surface area (Å²) in [5, 5.41) is 8.26. The third-order valence-electron chi connectivity index (χ3n) is 4.12. The first-order chi connectivity index (χ1) is 9.66. The van der Waals surface area contributed by atoms with Crippen LogP contribution in [0.4, 0.5) is 0 Å². The van der Waals surface area contributed by atoms with Gasteiger partial charge in [-0.05, 0) is 57.5 Å². The molecule has 1 atom stereocenters. The molecule has 2 heterocycles. The van der Waals surface area contributed by atoms with Gasteiger partial charge in [0.1, 0.15) is 0 Å². The SMILES string of the molecule is Cc1nn(-c2ccc(Br)cc2)c(C)c1C1CCCNC1. The van der Waals surface area contributed by atoms with Gasteiger partial charge in [0.15, 0.2) is 0 Å². The maximum atomic E-state index is 4.76. The number of nitrogens with one attached hydrogen (secondary N) is 1. The quantitative estimate of drug-likeness (QED) is 0.907. The normalized spacial score (nSPS) is 19.2. The van der Waals surface area contributed by atoms with E-state index in [0.29, 0.717) is 5.92 Å². The van der Waals surface area contributed by atoms with Gasteiger partial charge in [-0.25, -0.2) is 4.68 Å². The monoisotopic (exact) mass is 333 g/mol. The lowest BCUT2D eigenvalue weighted by molar-refractivity contribution is 0.459. The Morgan fingerprint density at radius 2 is 2.00 bits per heavy atom. The van der Waals surface area contributed by atoms with Gasteiger partial charge >= 0.3 is 0 Å². The molecule has 1 saturated heterocycles. The van der Waals surface area contributed by atoms with Gasteiger partial charge in [0.2, 0.25) is 0 Å². The predicted octanol–water partition coefficient (Wildman–Crippen LogP) is 3.72. The first-order valence-electron chi connectivity index (χ1n) is 7.19. The zero-order chi connectivity index (χ0) is 14.1. The second-order valence-electron chi connectivity index (χ2n) is 5.52. The Hall–Kier alpha value is -1.13. The Labute approximate surface area is 128 Å².